The first-order valence-corrected chi connectivity index (χ1v) is 8.09. The Morgan fingerprint density at radius 1 is 1.33 bits per heavy atom. The molecule has 6 nitrogen and oxygen atoms in total. The van der Waals surface area contributed by atoms with Crippen molar-refractivity contribution in [3.63, 3.8) is 0 Å². The third-order valence-electron chi connectivity index (χ3n) is 3.77. The van der Waals surface area contributed by atoms with E-state index in [-0.39, 0.29) is 18.0 Å². The topological polar surface area (TPSA) is 83.9 Å². The van der Waals surface area contributed by atoms with Crippen LogP contribution in [0.25, 0.3) is 0 Å². The van der Waals surface area contributed by atoms with Gasteiger partial charge in [0.25, 0.3) is 0 Å². The molecule has 1 N–H and O–H groups in total. The Labute approximate surface area is 124 Å². The molecule has 1 aliphatic rings. The number of hydrogen-bond acceptors (Lipinski definition) is 4. The Hall–Kier alpha value is -1.60. The summed E-state index contributed by atoms with van der Waals surface area (Å²) in [6, 6.07) is 3.34. The van der Waals surface area contributed by atoms with E-state index in [1.54, 1.807) is 26.0 Å². The van der Waals surface area contributed by atoms with E-state index in [0.29, 0.717) is 23.3 Å². The van der Waals surface area contributed by atoms with Crippen molar-refractivity contribution in [2.24, 2.45) is 5.92 Å². The predicted octanol–water partition coefficient (Wildman–Crippen LogP) is 1.41. The standard InChI is InChI=1S/C14H19NO5S/c1-9-6-12(20-3)7-10(2)13(9)21(18,19)15-5-4-11(8-15)14(16)17/h6-7,11H,4-5,8H2,1-3H3,(H,16,17)/t11-/m1/s1. The minimum Gasteiger partial charge on any atom is -0.497 e. The van der Waals surface area contributed by atoms with E-state index in [0.717, 1.165) is 0 Å². The average molecular weight is 313 g/mol. The van der Waals surface area contributed by atoms with Gasteiger partial charge in [-0.25, -0.2) is 8.42 Å². The van der Waals surface area contributed by atoms with Gasteiger partial charge >= 0.3 is 5.97 Å². The first-order valence-electron chi connectivity index (χ1n) is 6.65. The molecule has 2 rings (SSSR count). The van der Waals surface area contributed by atoms with Gasteiger partial charge in [-0.15, -0.1) is 0 Å². The molecule has 1 heterocycles. The molecule has 0 bridgehead atoms. The monoisotopic (exact) mass is 313 g/mol. The van der Waals surface area contributed by atoms with E-state index in [1.165, 1.54) is 11.4 Å². The van der Waals surface area contributed by atoms with E-state index in [4.69, 9.17) is 9.84 Å². The summed E-state index contributed by atoms with van der Waals surface area (Å²) in [4.78, 5) is 11.2. The smallest absolute Gasteiger partial charge is 0.307 e. The Morgan fingerprint density at radius 2 is 1.90 bits per heavy atom. The molecule has 1 aromatic rings. The predicted molar refractivity (Wildman–Crippen MR) is 77.0 cm³/mol. The Morgan fingerprint density at radius 3 is 2.33 bits per heavy atom. The molecule has 0 aromatic heterocycles. The van der Waals surface area contributed by atoms with Gasteiger partial charge in [-0.2, -0.15) is 4.31 Å². The van der Waals surface area contributed by atoms with Gasteiger partial charge in [0.1, 0.15) is 5.75 Å². The second-order valence-corrected chi connectivity index (χ2v) is 7.15. The van der Waals surface area contributed by atoms with E-state index in [1.807, 2.05) is 0 Å². The lowest BCUT2D eigenvalue weighted by Gasteiger charge is -2.20. The summed E-state index contributed by atoms with van der Waals surface area (Å²) < 4.78 is 31.9. The third-order valence-corrected chi connectivity index (χ3v) is 5.94. The zero-order chi connectivity index (χ0) is 15.8. The van der Waals surface area contributed by atoms with E-state index >= 15 is 0 Å². The highest BCUT2D eigenvalue weighted by atomic mass is 32.2. The van der Waals surface area contributed by atoms with Crippen LogP contribution in [0.4, 0.5) is 0 Å². The van der Waals surface area contributed by atoms with Crippen LogP contribution >= 0.6 is 0 Å². The van der Waals surface area contributed by atoms with Crippen LogP contribution in [0.2, 0.25) is 0 Å². The van der Waals surface area contributed by atoms with Crippen molar-refractivity contribution in [3.8, 4) is 5.75 Å². The summed E-state index contributed by atoms with van der Waals surface area (Å²) in [6.07, 6.45) is 0.350. The van der Waals surface area contributed by atoms with Gasteiger partial charge in [-0.1, -0.05) is 0 Å². The lowest BCUT2D eigenvalue weighted by Crippen LogP contribution is -2.31. The number of carboxylic acid groups (broad SMARTS) is 1. The molecule has 7 heteroatoms. The zero-order valence-electron chi connectivity index (χ0n) is 12.3. The van der Waals surface area contributed by atoms with Crippen LogP contribution in [-0.2, 0) is 14.8 Å². The molecule has 1 aromatic carbocycles. The van der Waals surface area contributed by atoms with Gasteiger partial charge in [0, 0.05) is 13.1 Å². The fourth-order valence-electron chi connectivity index (χ4n) is 2.71. The molecule has 1 saturated heterocycles. The highest BCUT2D eigenvalue weighted by Gasteiger charge is 2.37. The second-order valence-electron chi connectivity index (χ2n) is 5.28. The number of nitrogens with zero attached hydrogens (tertiary/aromatic N) is 1. The van der Waals surface area contributed by atoms with E-state index < -0.39 is 21.9 Å². The highest BCUT2D eigenvalue weighted by molar-refractivity contribution is 7.89. The maximum absolute atomic E-state index is 12.7. The molecule has 0 aliphatic carbocycles. The number of rotatable bonds is 4. The number of methoxy groups -OCH3 is 1. The molecule has 0 unspecified atom stereocenters. The van der Waals surface area contributed by atoms with Crippen molar-refractivity contribution in [2.45, 2.75) is 25.2 Å². The summed E-state index contributed by atoms with van der Waals surface area (Å²) >= 11 is 0. The van der Waals surface area contributed by atoms with Crippen molar-refractivity contribution in [1.82, 2.24) is 4.31 Å². The summed E-state index contributed by atoms with van der Waals surface area (Å²) in [5.41, 5.74) is 1.20. The van der Waals surface area contributed by atoms with Crippen molar-refractivity contribution < 1.29 is 23.1 Å². The van der Waals surface area contributed by atoms with Crippen LogP contribution in [-0.4, -0.2) is 44.0 Å². The van der Waals surface area contributed by atoms with Crippen molar-refractivity contribution in [1.29, 1.82) is 0 Å². The van der Waals surface area contributed by atoms with Crippen LogP contribution < -0.4 is 4.74 Å². The highest BCUT2D eigenvalue weighted by Crippen LogP contribution is 2.31. The van der Waals surface area contributed by atoms with Gasteiger partial charge in [-0.05, 0) is 43.5 Å². The minimum absolute atomic E-state index is 0.0303. The quantitative estimate of drug-likeness (QED) is 0.908. The molecule has 1 fully saturated rings. The molecule has 0 radical (unpaired) electrons. The van der Waals surface area contributed by atoms with Crippen LogP contribution in [0.1, 0.15) is 17.5 Å². The van der Waals surface area contributed by atoms with Gasteiger partial charge in [-0.3, -0.25) is 4.79 Å². The normalized spacial score (nSPS) is 19.7. The maximum atomic E-state index is 12.7. The number of ether oxygens (including phenoxy) is 1. The molecule has 0 spiro atoms. The summed E-state index contributed by atoms with van der Waals surface area (Å²) in [5.74, 6) is -0.969. The number of sulfonamides is 1. The zero-order valence-corrected chi connectivity index (χ0v) is 13.1. The fraction of sp³-hybridized carbons (Fsp3) is 0.500. The first kappa shape index (κ1) is 15.8. The molecule has 1 atom stereocenters. The summed E-state index contributed by atoms with van der Waals surface area (Å²) in [6.45, 7) is 3.70. The number of hydrogen-bond donors (Lipinski definition) is 1. The third kappa shape index (κ3) is 2.89. The number of aryl methyl sites for hydroxylation is 2. The average Bonchev–Trinajstić information content (AvgIpc) is 2.87. The van der Waals surface area contributed by atoms with Crippen LogP contribution in [0.5, 0.6) is 5.75 Å². The lowest BCUT2D eigenvalue weighted by atomic mass is 10.1. The molecule has 21 heavy (non-hydrogen) atoms. The van der Waals surface area contributed by atoms with E-state index in [9.17, 15) is 13.2 Å². The van der Waals surface area contributed by atoms with Gasteiger partial charge < -0.3 is 9.84 Å². The van der Waals surface area contributed by atoms with Crippen molar-refractivity contribution >= 4 is 16.0 Å². The largest absolute Gasteiger partial charge is 0.497 e. The molecule has 116 valence electrons. The molecule has 0 saturated carbocycles. The number of aliphatic carboxylic acids is 1. The van der Waals surface area contributed by atoms with E-state index in [2.05, 4.69) is 0 Å². The molecule has 0 amide bonds. The van der Waals surface area contributed by atoms with Crippen molar-refractivity contribution in [2.75, 3.05) is 20.2 Å². The summed E-state index contributed by atoms with van der Waals surface area (Å²) in [7, 11) is -2.15. The van der Waals surface area contributed by atoms with Gasteiger partial charge in [0.2, 0.25) is 10.0 Å². The molecular formula is C14H19NO5S. The molecule has 1 aliphatic heterocycles. The second kappa shape index (κ2) is 5.65. The van der Waals surface area contributed by atoms with Crippen LogP contribution in [0.3, 0.4) is 0 Å². The minimum atomic E-state index is -3.68. The maximum Gasteiger partial charge on any atom is 0.307 e. The SMILES string of the molecule is COc1cc(C)c(S(=O)(=O)N2CC[C@@H](C(=O)O)C2)c(C)c1. The van der Waals surface area contributed by atoms with Crippen LogP contribution in [0.15, 0.2) is 17.0 Å². The number of carbonyl (C=O) groups is 1. The Kier molecular flexibility index (Phi) is 4.25. The Balaban J connectivity index is 2.39. The fourth-order valence-corrected chi connectivity index (χ4v) is 4.62. The first-order chi connectivity index (χ1) is 9.77. The van der Waals surface area contributed by atoms with Gasteiger partial charge in [0.05, 0.1) is 17.9 Å². The Bertz CT molecular complexity index is 645. The summed E-state index contributed by atoms with van der Waals surface area (Å²) in [5, 5.41) is 9.01. The number of carboxylic acids is 1. The molecular weight excluding hydrogens is 294 g/mol. The van der Waals surface area contributed by atoms with Crippen molar-refractivity contribution in [3.05, 3.63) is 23.3 Å². The van der Waals surface area contributed by atoms with Gasteiger partial charge in [0.15, 0.2) is 0 Å². The van der Waals surface area contributed by atoms with Crippen LogP contribution in [0, 0.1) is 19.8 Å². The lowest BCUT2D eigenvalue weighted by molar-refractivity contribution is -0.141. The number of benzene rings is 1.